The molecule has 0 amide bonds. The van der Waals surface area contributed by atoms with E-state index in [0.717, 1.165) is 25.5 Å². The van der Waals surface area contributed by atoms with Crippen LogP contribution in [0.4, 0.5) is 0 Å². The first-order valence-electron chi connectivity index (χ1n) is 8.46. The van der Waals surface area contributed by atoms with E-state index >= 15 is 0 Å². The lowest BCUT2D eigenvalue weighted by Gasteiger charge is -2.23. The van der Waals surface area contributed by atoms with Crippen molar-refractivity contribution in [1.29, 1.82) is 0 Å². The maximum absolute atomic E-state index is 11.8. The molecule has 24 heavy (non-hydrogen) atoms. The Hall–Kier alpha value is -1.60. The van der Waals surface area contributed by atoms with Gasteiger partial charge in [-0.3, -0.25) is 4.99 Å². The second kappa shape index (κ2) is 8.48. The van der Waals surface area contributed by atoms with Gasteiger partial charge in [0.25, 0.3) is 0 Å². The predicted molar refractivity (Wildman–Crippen MR) is 98.6 cm³/mol. The van der Waals surface area contributed by atoms with E-state index < -0.39 is 10.0 Å². The van der Waals surface area contributed by atoms with Gasteiger partial charge < -0.3 is 10.2 Å². The lowest BCUT2D eigenvalue weighted by Crippen LogP contribution is -2.39. The summed E-state index contributed by atoms with van der Waals surface area (Å²) >= 11 is 0. The van der Waals surface area contributed by atoms with Crippen LogP contribution in [0, 0.1) is 6.92 Å². The van der Waals surface area contributed by atoms with Gasteiger partial charge in [0.15, 0.2) is 5.96 Å². The molecule has 0 atom stereocenters. The van der Waals surface area contributed by atoms with Crippen LogP contribution < -0.4 is 5.32 Å². The van der Waals surface area contributed by atoms with E-state index in [9.17, 15) is 8.42 Å². The molecular formula is C17H28N4O2S. The first-order valence-corrected chi connectivity index (χ1v) is 10.1. The van der Waals surface area contributed by atoms with Crippen molar-refractivity contribution >= 4 is 16.0 Å². The summed E-state index contributed by atoms with van der Waals surface area (Å²) < 4.78 is 25.2. The van der Waals surface area contributed by atoms with Crippen LogP contribution in [-0.2, 0) is 16.6 Å². The van der Waals surface area contributed by atoms with Gasteiger partial charge in [-0.15, -0.1) is 0 Å². The van der Waals surface area contributed by atoms with Gasteiger partial charge in [0.1, 0.15) is 0 Å². The average Bonchev–Trinajstić information content (AvgIpc) is 2.87. The van der Waals surface area contributed by atoms with Gasteiger partial charge in [0.05, 0.1) is 12.3 Å². The minimum atomic E-state index is -3.04. The van der Waals surface area contributed by atoms with Crippen LogP contribution in [0.3, 0.4) is 0 Å². The average molecular weight is 353 g/mol. The third kappa shape index (κ3) is 4.95. The molecule has 7 heteroatoms. The number of sulfonamides is 1. The normalized spacial score (nSPS) is 17.9. The van der Waals surface area contributed by atoms with E-state index in [1.54, 1.807) is 4.31 Å². The largest absolute Gasteiger partial charge is 0.357 e. The molecular weight excluding hydrogens is 324 g/mol. The summed E-state index contributed by atoms with van der Waals surface area (Å²) in [5.74, 6) is 1.07. The Labute approximate surface area is 145 Å². The zero-order chi connectivity index (χ0) is 17.6. The summed E-state index contributed by atoms with van der Waals surface area (Å²) in [7, 11) is -1.04. The number of benzene rings is 1. The molecule has 134 valence electrons. The van der Waals surface area contributed by atoms with Gasteiger partial charge in [-0.05, 0) is 31.4 Å². The highest BCUT2D eigenvalue weighted by Gasteiger charge is 2.27. The number of guanidine groups is 1. The second-order valence-corrected chi connectivity index (χ2v) is 8.18. The number of hydrogen-bond donors (Lipinski definition) is 1. The number of aliphatic imine (C=N–C) groups is 1. The smallest absolute Gasteiger partial charge is 0.214 e. The first kappa shape index (κ1) is 18.7. The molecule has 0 aromatic heterocycles. The number of nitrogens with one attached hydrogen (secondary N) is 1. The molecule has 0 bridgehead atoms. The Morgan fingerprint density at radius 2 is 2.12 bits per heavy atom. The van der Waals surface area contributed by atoms with Crippen LogP contribution >= 0.6 is 0 Å². The van der Waals surface area contributed by atoms with Crippen molar-refractivity contribution in [2.45, 2.75) is 26.8 Å². The van der Waals surface area contributed by atoms with Crippen molar-refractivity contribution < 1.29 is 8.42 Å². The highest BCUT2D eigenvalue weighted by atomic mass is 32.2. The summed E-state index contributed by atoms with van der Waals surface area (Å²) in [4.78, 5) is 6.67. The Bertz CT molecular complexity index is 673. The van der Waals surface area contributed by atoms with Crippen LogP contribution in [0.2, 0.25) is 0 Å². The van der Waals surface area contributed by atoms with Gasteiger partial charge in [-0.1, -0.05) is 24.3 Å². The number of hydrogen-bond acceptors (Lipinski definition) is 3. The molecule has 0 unspecified atom stereocenters. The molecule has 0 radical (unpaired) electrons. The zero-order valence-electron chi connectivity index (χ0n) is 14.8. The van der Waals surface area contributed by atoms with Crippen LogP contribution in [0.1, 0.15) is 24.5 Å². The topological polar surface area (TPSA) is 65.0 Å². The van der Waals surface area contributed by atoms with Gasteiger partial charge in [0, 0.05) is 33.2 Å². The number of rotatable bonds is 6. The van der Waals surface area contributed by atoms with E-state index in [0.29, 0.717) is 19.6 Å². The molecule has 0 aliphatic carbocycles. The third-order valence-electron chi connectivity index (χ3n) is 4.18. The van der Waals surface area contributed by atoms with Crippen molar-refractivity contribution in [3.05, 3.63) is 35.4 Å². The molecule has 1 aliphatic rings. The molecule has 1 fully saturated rings. The van der Waals surface area contributed by atoms with Crippen molar-refractivity contribution in [3.8, 4) is 0 Å². The molecule has 0 spiro atoms. The van der Waals surface area contributed by atoms with Crippen molar-refractivity contribution in [1.82, 2.24) is 14.5 Å². The molecule has 1 aliphatic heterocycles. The Kier molecular flexibility index (Phi) is 6.62. The summed E-state index contributed by atoms with van der Waals surface area (Å²) in [6, 6.07) is 8.30. The summed E-state index contributed by atoms with van der Waals surface area (Å²) in [5.41, 5.74) is 2.51. The van der Waals surface area contributed by atoms with E-state index in [1.165, 1.54) is 11.1 Å². The summed E-state index contributed by atoms with van der Waals surface area (Å²) in [6.45, 7) is 7.22. The standard InChI is InChI=1S/C17H28N4O2S/c1-4-18-17(19-10-12-21-11-7-13-24(21,22)23)20(3)14-16-9-6-5-8-15(16)2/h5-6,8-9H,4,7,10-14H2,1-3H3,(H,18,19). The minimum absolute atomic E-state index is 0.268. The molecule has 0 saturated carbocycles. The minimum Gasteiger partial charge on any atom is -0.357 e. The predicted octanol–water partition coefficient (Wildman–Crippen LogP) is 1.43. The fraction of sp³-hybridized carbons (Fsp3) is 0.588. The number of nitrogens with zero attached hydrogens (tertiary/aromatic N) is 3. The summed E-state index contributed by atoms with van der Waals surface area (Å²) in [5, 5.41) is 3.28. The fourth-order valence-corrected chi connectivity index (χ4v) is 4.32. The highest BCUT2D eigenvalue weighted by molar-refractivity contribution is 7.89. The molecule has 1 aromatic carbocycles. The van der Waals surface area contributed by atoms with E-state index in [-0.39, 0.29) is 5.75 Å². The van der Waals surface area contributed by atoms with Crippen LogP contribution in [0.5, 0.6) is 0 Å². The zero-order valence-corrected chi connectivity index (χ0v) is 15.6. The lowest BCUT2D eigenvalue weighted by molar-refractivity contribution is 0.445. The third-order valence-corrected chi connectivity index (χ3v) is 6.14. The Morgan fingerprint density at radius 3 is 2.75 bits per heavy atom. The van der Waals surface area contributed by atoms with Crippen LogP contribution in [0.15, 0.2) is 29.3 Å². The molecule has 2 rings (SSSR count). The van der Waals surface area contributed by atoms with Crippen molar-refractivity contribution in [2.24, 2.45) is 4.99 Å². The lowest BCUT2D eigenvalue weighted by atomic mass is 10.1. The number of aryl methyl sites for hydroxylation is 1. The summed E-state index contributed by atoms with van der Waals surface area (Å²) in [6.07, 6.45) is 0.722. The van der Waals surface area contributed by atoms with Crippen LogP contribution in [0.25, 0.3) is 0 Å². The highest BCUT2D eigenvalue weighted by Crippen LogP contribution is 2.12. The Balaban J connectivity index is 1.98. The monoisotopic (exact) mass is 352 g/mol. The van der Waals surface area contributed by atoms with E-state index in [1.807, 2.05) is 26.1 Å². The van der Waals surface area contributed by atoms with Crippen LogP contribution in [-0.4, -0.2) is 62.6 Å². The van der Waals surface area contributed by atoms with E-state index in [4.69, 9.17) is 0 Å². The maximum atomic E-state index is 11.8. The molecule has 1 heterocycles. The van der Waals surface area contributed by atoms with Crippen molar-refractivity contribution in [3.63, 3.8) is 0 Å². The first-order chi connectivity index (χ1) is 11.4. The van der Waals surface area contributed by atoms with Crippen molar-refractivity contribution in [2.75, 3.05) is 39.0 Å². The van der Waals surface area contributed by atoms with Gasteiger partial charge >= 0.3 is 0 Å². The maximum Gasteiger partial charge on any atom is 0.214 e. The fourth-order valence-electron chi connectivity index (χ4n) is 2.80. The molecule has 1 aromatic rings. The Morgan fingerprint density at radius 1 is 1.38 bits per heavy atom. The molecule has 1 N–H and O–H groups in total. The van der Waals surface area contributed by atoms with Gasteiger partial charge in [-0.25, -0.2) is 12.7 Å². The quantitative estimate of drug-likeness (QED) is 0.621. The van der Waals surface area contributed by atoms with Gasteiger partial charge in [-0.2, -0.15) is 0 Å². The second-order valence-electron chi connectivity index (χ2n) is 6.09. The molecule has 1 saturated heterocycles. The van der Waals surface area contributed by atoms with E-state index in [2.05, 4.69) is 34.3 Å². The SMILES string of the molecule is CCNC(=NCCN1CCCS1(=O)=O)N(C)Cc1ccccc1C. The van der Waals surface area contributed by atoms with Gasteiger partial charge in [0.2, 0.25) is 10.0 Å². The molecule has 6 nitrogen and oxygen atoms in total.